The first-order chi connectivity index (χ1) is 8.49. The van der Waals surface area contributed by atoms with Gasteiger partial charge in [0.05, 0.1) is 9.26 Å². The molecule has 0 bridgehead atoms. The van der Waals surface area contributed by atoms with Crippen LogP contribution in [-0.2, 0) is 0 Å². The number of rotatable bonds is 2. The molecular formula is C14H20ClIN2. The molecule has 0 radical (unpaired) electrons. The SMILES string of the molecule is CC1CCCC(c2nc(Cl)c(I)c(C(C)C)n2)C1. The van der Waals surface area contributed by atoms with E-state index in [2.05, 4.69) is 48.3 Å². The Hall–Kier alpha value is 0.1000. The molecule has 2 atom stereocenters. The second kappa shape index (κ2) is 6.04. The summed E-state index contributed by atoms with van der Waals surface area (Å²) in [4.78, 5) is 9.31. The van der Waals surface area contributed by atoms with Gasteiger partial charge in [0.2, 0.25) is 0 Å². The van der Waals surface area contributed by atoms with Crippen molar-refractivity contribution in [1.82, 2.24) is 9.97 Å². The van der Waals surface area contributed by atoms with E-state index >= 15 is 0 Å². The summed E-state index contributed by atoms with van der Waals surface area (Å²) in [6.45, 7) is 6.64. The summed E-state index contributed by atoms with van der Waals surface area (Å²) < 4.78 is 1.01. The van der Waals surface area contributed by atoms with Crippen LogP contribution < -0.4 is 0 Å². The lowest BCUT2D eigenvalue weighted by Crippen LogP contribution is -2.16. The summed E-state index contributed by atoms with van der Waals surface area (Å²) in [5.74, 6) is 2.65. The summed E-state index contributed by atoms with van der Waals surface area (Å²) >= 11 is 8.51. The lowest BCUT2D eigenvalue weighted by Gasteiger charge is -2.26. The number of hydrogen-bond donors (Lipinski definition) is 0. The largest absolute Gasteiger partial charge is 0.236 e. The lowest BCUT2D eigenvalue weighted by molar-refractivity contribution is 0.334. The van der Waals surface area contributed by atoms with E-state index in [-0.39, 0.29) is 0 Å². The van der Waals surface area contributed by atoms with Crippen molar-refractivity contribution in [3.63, 3.8) is 0 Å². The second-order valence-corrected chi connectivity index (χ2v) is 7.13. The third-order valence-electron chi connectivity index (χ3n) is 3.70. The fourth-order valence-electron chi connectivity index (χ4n) is 2.69. The Kier molecular flexibility index (Phi) is 4.86. The van der Waals surface area contributed by atoms with E-state index in [1.807, 2.05) is 0 Å². The van der Waals surface area contributed by atoms with Crippen LogP contribution in [0.15, 0.2) is 0 Å². The first-order valence-electron chi connectivity index (χ1n) is 6.71. The summed E-state index contributed by atoms with van der Waals surface area (Å²) in [5.41, 5.74) is 1.10. The first kappa shape index (κ1) is 14.5. The van der Waals surface area contributed by atoms with E-state index in [4.69, 9.17) is 16.6 Å². The summed E-state index contributed by atoms with van der Waals surface area (Å²) in [7, 11) is 0. The maximum absolute atomic E-state index is 6.26. The normalized spacial score (nSPS) is 24.6. The van der Waals surface area contributed by atoms with Crippen molar-refractivity contribution in [3.05, 3.63) is 20.2 Å². The predicted octanol–water partition coefficient (Wildman–Crippen LogP) is 5.15. The maximum Gasteiger partial charge on any atom is 0.146 e. The Morgan fingerprint density at radius 1 is 1.28 bits per heavy atom. The van der Waals surface area contributed by atoms with E-state index in [1.54, 1.807) is 0 Å². The van der Waals surface area contributed by atoms with Crippen LogP contribution in [0.3, 0.4) is 0 Å². The molecule has 1 aliphatic carbocycles. The Balaban J connectivity index is 2.33. The summed E-state index contributed by atoms with van der Waals surface area (Å²) in [6.07, 6.45) is 5.04. The second-order valence-electron chi connectivity index (χ2n) is 5.70. The van der Waals surface area contributed by atoms with Gasteiger partial charge in [-0.3, -0.25) is 0 Å². The van der Waals surface area contributed by atoms with Crippen molar-refractivity contribution in [1.29, 1.82) is 0 Å². The van der Waals surface area contributed by atoms with Crippen LogP contribution in [0.1, 0.15) is 69.8 Å². The van der Waals surface area contributed by atoms with E-state index in [0.717, 1.165) is 21.0 Å². The molecule has 1 aromatic heterocycles. The van der Waals surface area contributed by atoms with Crippen molar-refractivity contribution in [2.24, 2.45) is 5.92 Å². The van der Waals surface area contributed by atoms with Gasteiger partial charge in [-0.1, -0.05) is 45.2 Å². The van der Waals surface area contributed by atoms with Crippen molar-refractivity contribution < 1.29 is 0 Å². The molecule has 18 heavy (non-hydrogen) atoms. The van der Waals surface area contributed by atoms with E-state index in [1.165, 1.54) is 25.7 Å². The zero-order chi connectivity index (χ0) is 13.3. The van der Waals surface area contributed by atoms with Gasteiger partial charge in [0.25, 0.3) is 0 Å². The van der Waals surface area contributed by atoms with E-state index in [0.29, 0.717) is 17.0 Å². The van der Waals surface area contributed by atoms with Gasteiger partial charge in [-0.2, -0.15) is 0 Å². The van der Waals surface area contributed by atoms with Gasteiger partial charge >= 0.3 is 0 Å². The standard InChI is InChI=1S/C14H20ClIN2/c1-8(2)12-11(16)13(15)18-14(17-12)10-6-4-5-9(3)7-10/h8-10H,4-7H2,1-3H3. The van der Waals surface area contributed by atoms with Gasteiger partial charge < -0.3 is 0 Å². The van der Waals surface area contributed by atoms with Crippen molar-refractivity contribution in [3.8, 4) is 0 Å². The Bertz CT molecular complexity index is 434. The van der Waals surface area contributed by atoms with Gasteiger partial charge in [0.1, 0.15) is 11.0 Å². The summed E-state index contributed by atoms with van der Waals surface area (Å²) in [6, 6.07) is 0. The van der Waals surface area contributed by atoms with Crippen LogP contribution in [0, 0.1) is 9.49 Å². The minimum atomic E-state index is 0.400. The van der Waals surface area contributed by atoms with Gasteiger partial charge in [0.15, 0.2) is 0 Å². The summed E-state index contributed by atoms with van der Waals surface area (Å²) in [5, 5.41) is 0.627. The quantitative estimate of drug-likeness (QED) is 0.525. The van der Waals surface area contributed by atoms with E-state index < -0.39 is 0 Å². The topological polar surface area (TPSA) is 25.8 Å². The minimum Gasteiger partial charge on any atom is -0.236 e. The number of halogens is 2. The highest BCUT2D eigenvalue weighted by Gasteiger charge is 2.24. The molecule has 0 saturated heterocycles. The van der Waals surface area contributed by atoms with Crippen molar-refractivity contribution in [2.75, 3.05) is 0 Å². The van der Waals surface area contributed by atoms with Gasteiger partial charge in [-0.05, 0) is 47.3 Å². The zero-order valence-electron chi connectivity index (χ0n) is 11.2. The van der Waals surface area contributed by atoms with Crippen molar-refractivity contribution >= 4 is 34.2 Å². The Morgan fingerprint density at radius 2 is 2.00 bits per heavy atom. The molecular weight excluding hydrogens is 359 g/mol. The molecule has 0 aliphatic heterocycles. The molecule has 2 rings (SSSR count). The van der Waals surface area contributed by atoms with Crippen LogP contribution >= 0.6 is 34.2 Å². The highest BCUT2D eigenvalue weighted by atomic mass is 127. The molecule has 100 valence electrons. The molecule has 0 N–H and O–H groups in total. The molecule has 1 heterocycles. The number of hydrogen-bond acceptors (Lipinski definition) is 2. The number of nitrogens with zero attached hydrogens (tertiary/aromatic N) is 2. The third kappa shape index (κ3) is 3.16. The van der Waals surface area contributed by atoms with Gasteiger partial charge in [-0.15, -0.1) is 0 Å². The van der Waals surface area contributed by atoms with Gasteiger partial charge in [0, 0.05) is 5.92 Å². The van der Waals surface area contributed by atoms with Crippen molar-refractivity contribution in [2.45, 2.75) is 58.3 Å². The fraction of sp³-hybridized carbons (Fsp3) is 0.714. The molecule has 0 spiro atoms. The molecule has 4 heteroatoms. The van der Waals surface area contributed by atoms with Crippen LogP contribution in [0.25, 0.3) is 0 Å². The minimum absolute atomic E-state index is 0.400. The highest BCUT2D eigenvalue weighted by molar-refractivity contribution is 14.1. The van der Waals surface area contributed by atoms with Crippen LogP contribution in [0.2, 0.25) is 5.15 Å². The average molecular weight is 379 g/mol. The van der Waals surface area contributed by atoms with E-state index in [9.17, 15) is 0 Å². The lowest BCUT2D eigenvalue weighted by atomic mass is 9.82. The molecule has 1 saturated carbocycles. The van der Waals surface area contributed by atoms with Gasteiger partial charge in [-0.25, -0.2) is 9.97 Å². The Morgan fingerprint density at radius 3 is 2.61 bits per heavy atom. The fourth-order valence-corrected chi connectivity index (χ4v) is 3.73. The zero-order valence-corrected chi connectivity index (χ0v) is 14.1. The van der Waals surface area contributed by atoms with Crippen LogP contribution in [0.5, 0.6) is 0 Å². The predicted molar refractivity (Wildman–Crippen MR) is 84.2 cm³/mol. The monoisotopic (exact) mass is 378 g/mol. The van der Waals surface area contributed by atoms with Crippen LogP contribution in [-0.4, -0.2) is 9.97 Å². The molecule has 1 aliphatic rings. The smallest absolute Gasteiger partial charge is 0.146 e. The third-order valence-corrected chi connectivity index (χ3v) is 5.36. The first-order valence-corrected chi connectivity index (χ1v) is 8.17. The number of aromatic nitrogens is 2. The average Bonchev–Trinajstić information content (AvgIpc) is 2.32. The molecule has 2 unspecified atom stereocenters. The maximum atomic E-state index is 6.26. The molecule has 1 aromatic rings. The Labute approximate surface area is 128 Å². The molecule has 0 aromatic carbocycles. The molecule has 2 nitrogen and oxygen atoms in total. The van der Waals surface area contributed by atoms with Crippen LogP contribution in [0.4, 0.5) is 0 Å². The molecule has 1 fully saturated rings. The molecule has 0 amide bonds. The highest BCUT2D eigenvalue weighted by Crippen LogP contribution is 2.36.